The van der Waals surface area contributed by atoms with Crippen molar-refractivity contribution in [1.29, 1.82) is 0 Å². The van der Waals surface area contributed by atoms with E-state index in [1.54, 1.807) is 0 Å². The monoisotopic (exact) mass is 428 g/mol. The van der Waals surface area contributed by atoms with E-state index in [0.717, 1.165) is 43.6 Å². The lowest BCUT2D eigenvalue weighted by atomic mass is 10.1. The van der Waals surface area contributed by atoms with Crippen molar-refractivity contribution < 1.29 is 22.3 Å². The zero-order chi connectivity index (χ0) is 18.9. The smallest absolute Gasteiger partial charge is 0.240 e. The summed E-state index contributed by atoms with van der Waals surface area (Å²) in [6.45, 7) is 2.25. The van der Waals surface area contributed by atoms with Crippen LogP contribution in [0.2, 0.25) is 0 Å². The van der Waals surface area contributed by atoms with Crippen molar-refractivity contribution in [2.75, 3.05) is 26.4 Å². The highest BCUT2D eigenvalue weighted by Gasteiger charge is 2.27. The average molecular weight is 429 g/mol. The molecule has 0 bridgehead atoms. The van der Waals surface area contributed by atoms with Crippen molar-refractivity contribution in [3.8, 4) is 11.5 Å². The van der Waals surface area contributed by atoms with Crippen LogP contribution in [0.25, 0.3) is 0 Å². The molecule has 0 aliphatic carbocycles. The van der Waals surface area contributed by atoms with Gasteiger partial charge in [0, 0.05) is 12.6 Å². The molecule has 2 aromatic rings. The molecular formula is C19H22ClFN2O4S. The maximum Gasteiger partial charge on any atom is 0.240 e. The third-order valence-electron chi connectivity index (χ3n) is 4.95. The zero-order valence-corrected chi connectivity index (χ0v) is 16.8. The molecule has 4 rings (SSSR count). The number of hydrogen-bond donors (Lipinski definition) is 1. The van der Waals surface area contributed by atoms with Crippen molar-refractivity contribution in [2.24, 2.45) is 0 Å². The van der Waals surface area contributed by atoms with Crippen molar-refractivity contribution in [2.45, 2.75) is 23.8 Å². The summed E-state index contributed by atoms with van der Waals surface area (Å²) in [6, 6.07) is 10.4. The molecule has 2 aromatic carbocycles. The first-order valence-electron chi connectivity index (χ1n) is 8.92. The van der Waals surface area contributed by atoms with Gasteiger partial charge in [-0.3, -0.25) is 4.90 Å². The Morgan fingerprint density at radius 3 is 2.43 bits per heavy atom. The van der Waals surface area contributed by atoms with Crippen LogP contribution in [0.3, 0.4) is 0 Å². The minimum absolute atomic E-state index is 0. The van der Waals surface area contributed by atoms with Crippen LogP contribution in [0.15, 0.2) is 47.4 Å². The fourth-order valence-electron chi connectivity index (χ4n) is 3.52. The van der Waals surface area contributed by atoms with Gasteiger partial charge in [0.15, 0.2) is 11.5 Å². The highest BCUT2D eigenvalue weighted by Crippen LogP contribution is 2.36. The normalized spacial score (nSPS) is 17.3. The van der Waals surface area contributed by atoms with Crippen molar-refractivity contribution in [1.82, 2.24) is 9.62 Å². The number of hydrogen-bond acceptors (Lipinski definition) is 5. The number of likely N-dealkylation sites (tertiary alicyclic amines) is 1. The van der Waals surface area contributed by atoms with Crippen LogP contribution in [0.4, 0.5) is 4.39 Å². The van der Waals surface area contributed by atoms with E-state index in [4.69, 9.17) is 9.47 Å². The first-order chi connectivity index (χ1) is 13.0. The van der Waals surface area contributed by atoms with Crippen LogP contribution >= 0.6 is 12.4 Å². The molecule has 2 aliphatic heterocycles. The standard InChI is InChI=1S/C19H21FN2O4S.ClH/c20-15-4-6-16(7-5-15)27(23,24)21-12-17(22-9-1-2-10-22)14-3-8-18-19(11-14)26-13-25-18;/h3-8,11,17,21H,1-2,9-10,12-13H2;1H. The van der Waals surface area contributed by atoms with Gasteiger partial charge in [0.05, 0.1) is 4.90 Å². The molecule has 6 nitrogen and oxygen atoms in total. The lowest BCUT2D eigenvalue weighted by Crippen LogP contribution is -2.36. The van der Waals surface area contributed by atoms with Crippen LogP contribution in [-0.2, 0) is 10.0 Å². The van der Waals surface area contributed by atoms with Gasteiger partial charge in [-0.1, -0.05) is 6.07 Å². The van der Waals surface area contributed by atoms with Crippen LogP contribution < -0.4 is 14.2 Å². The van der Waals surface area contributed by atoms with Gasteiger partial charge in [0.25, 0.3) is 0 Å². The van der Waals surface area contributed by atoms with Crippen molar-refractivity contribution in [3.63, 3.8) is 0 Å². The van der Waals surface area contributed by atoms with Gasteiger partial charge in [-0.25, -0.2) is 17.5 Å². The highest BCUT2D eigenvalue weighted by atomic mass is 35.5. The number of ether oxygens (including phenoxy) is 2. The molecule has 1 saturated heterocycles. The molecule has 152 valence electrons. The predicted octanol–water partition coefficient (Wildman–Crippen LogP) is 3.09. The molecule has 0 amide bonds. The second-order valence-electron chi connectivity index (χ2n) is 6.68. The second kappa shape index (κ2) is 8.65. The van der Waals surface area contributed by atoms with Gasteiger partial charge < -0.3 is 9.47 Å². The lowest BCUT2D eigenvalue weighted by Gasteiger charge is -2.28. The number of sulfonamides is 1. The topological polar surface area (TPSA) is 67.9 Å². The van der Waals surface area contributed by atoms with Crippen LogP contribution in [0.1, 0.15) is 24.4 Å². The molecule has 1 atom stereocenters. The quantitative estimate of drug-likeness (QED) is 0.765. The molecule has 9 heteroatoms. The third kappa shape index (κ3) is 4.41. The molecule has 2 aliphatic rings. The van der Waals surface area contributed by atoms with Gasteiger partial charge >= 0.3 is 0 Å². The Labute approximate surface area is 170 Å². The van der Waals surface area contributed by atoms with E-state index >= 15 is 0 Å². The van der Waals surface area contributed by atoms with E-state index in [-0.39, 0.29) is 36.7 Å². The van der Waals surface area contributed by atoms with Crippen molar-refractivity contribution >= 4 is 22.4 Å². The molecular weight excluding hydrogens is 407 g/mol. The number of halogens is 2. The van der Waals surface area contributed by atoms with Gasteiger partial charge in [0.1, 0.15) is 5.82 Å². The van der Waals surface area contributed by atoms with E-state index in [9.17, 15) is 12.8 Å². The zero-order valence-electron chi connectivity index (χ0n) is 15.1. The summed E-state index contributed by atoms with van der Waals surface area (Å²) in [5.41, 5.74) is 0.975. The third-order valence-corrected chi connectivity index (χ3v) is 6.39. The molecule has 0 radical (unpaired) electrons. The minimum atomic E-state index is -3.72. The van der Waals surface area contributed by atoms with Crippen LogP contribution in [0.5, 0.6) is 11.5 Å². The van der Waals surface area contributed by atoms with Gasteiger partial charge in [-0.15, -0.1) is 12.4 Å². The van der Waals surface area contributed by atoms with E-state index in [0.29, 0.717) is 11.5 Å². The minimum Gasteiger partial charge on any atom is -0.454 e. The summed E-state index contributed by atoms with van der Waals surface area (Å²) in [6.07, 6.45) is 2.18. The Hall–Kier alpha value is -1.87. The Bertz CT molecular complexity index is 918. The lowest BCUT2D eigenvalue weighted by molar-refractivity contribution is 0.173. The molecule has 1 fully saturated rings. The molecule has 0 spiro atoms. The number of rotatable bonds is 6. The number of benzene rings is 2. The fourth-order valence-corrected chi connectivity index (χ4v) is 4.56. The van der Waals surface area contributed by atoms with Crippen LogP contribution in [0, 0.1) is 5.82 Å². The van der Waals surface area contributed by atoms with E-state index in [2.05, 4.69) is 9.62 Å². The molecule has 0 aromatic heterocycles. The summed E-state index contributed by atoms with van der Waals surface area (Å²) < 4.78 is 51.7. The molecule has 1 unspecified atom stereocenters. The maximum atomic E-state index is 13.1. The summed E-state index contributed by atoms with van der Waals surface area (Å²) in [4.78, 5) is 2.32. The average Bonchev–Trinajstić information content (AvgIpc) is 3.33. The first kappa shape index (κ1) is 20.9. The number of nitrogens with zero attached hydrogens (tertiary/aromatic N) is 1. The molecule has 0 saturated carbocycles. The van der Waals surface area contributed by atoms with Gasteiger partial charge in [-0.2, -0.15) is 0 Å². The van der Waals surface area contributed by atoms with Crippen LogP contribution in [-0.4, -0.2) is 39.7 Å². The second-order valence-corrected chi connectivity index (χ2v) is 8.44. The number of fused-ring (bicyclic) bond motifs is 1. The predicted molar refractivity (Wildman–Crippen MR) is 105 cm³/mol. The summed E-state index contributed by atoms with van der Waals surface area (Å²) >= 11 is 0. The summed E-state index contributed by atoms with van der Waals surface area (Å²) in [5, 5.41) is 0. The highest BCUT2D eigenvalue weighted by molar-refractivity contribution is 7.89. The van der Waals surface area contributed by atoms with E-state index in [1.807, 2.05) is 18.2 Å². The molecule has 28 heavy (non-hydrogen) atoms. The van der Waals surface area contributed by atoms with E-state index in [1.165, 1.54) is 12.1 Å². The van der Waals surface area contributed by atoms with E-state index < -0.39 is 15.8 Å². The Balaban J connectivity index is 0.00000225. The molecule has 2 heterocycles. The fraction of sp³-hybridized carbons (Fsp3) is 0.368. The summed E-state index contributed by atoms with van der Waals surface area (Å²) in [5.74, 6) is 0.910. The number of nitrogens with one attached hydrogen (secondary N) is 1. The Morgan fingerprint density at radius 2 is 1.71 bits per heavy atom. The molecule has 1 N–H and O–H groups in total. The van der Waals surface area contributed by atoms with Gasteiger partial charge in [-0.05, 0) is 67.9 Å². The largest absolute Gasteiger partial charge is 0.454 e. The Kier molecular flexibility index (Phi) is 6.44. The maximum absolute atomic E-state index is 13.1. The van der Waals surface area contributed by atoms with Crippen molar-refractivity contribution in [3.05, 3.63) is 53.8 Å². The van der Waals surface area contributed by atoms with Gasteiger partial charge in [0.2, 0.25) is 16.8 Å². The Morgan fingerprint density at radius 1 is 1.04 bits per heavy atom. The first-order valence-corrected chi connectivity index (χ1v) is 10.4. The summed E-state index contributed by atoms with van der Waals surface area (Å²) in [7, 11) is -3.72. The SMILES string of the molecule is Cl.O=S(=O)(NCC(c1ccc2c(c1)OCO2)N1CCCC1)c1ccc(F)cc1.